The van der Waals surface area contributed by atoms with Gasteiger partial charge < -0.3 is 5.32 Å². The Hall–Kier alpha value is -3.01. The zero-order chi connectivity index (χ0) is 17.1. The Morgan fingerprint density at radius 1 is 1.00 bits per heavy atom. The van der Waals surface area contributed by atoms with Gasteiger partial charge in [0, 0.05) is 11.3 Å². The van der Waals surface area contributed by atoms with Gasteiger partial charge in [0.15, 0.2) is 0 Å². The third-order valence-electron chi connectivity index (χ3n) is 3.75. The molecule has 4 heteroatoms. The van der Waals surface area contributed by atoms with Gasteiger partial charge in [0.1, 0.15) is 11.6 Å². The fraction of sp³-hybridized carbons (Fsp3) is 0.100. The van der Waals surface area contributed by atoms with Crippen molar-refractivity contribution in [2.24, 2.45) is 0 Å². The lowest BCUT2D eigenvalue weighted by Crippen LogP contribution is -2.13. The number of carbonyl (C=O) groups is 1. The first-order valence-electron chi connectivity index (χ1n) is 7.64. The minimum Gasteiger partial charge on any atom is -0.307 e. The van der Waals surface area contributed by atoms with Crippen molar-refractivity contribution in [1.82, 2.24) is 4.98 Å². The number of benzene rings is 2. The minimum absolute atomic E-state index is 0.261. The molecule has 0 bridgehead atoms. The third-order valence-corrected chi connectivity index (χ3v) is 3.75. The van der Waals surface area contributed by atoms with Crippen molar-refractivity contribution in [1.29, 1.82) is 0 Å². The fourth-order valence-electron chi connectivity index (χ4n) is 2.57. The molecule has 0 aliphatic heterocycles. The molecule has 1 aromatic heterocycles. The van der Waals surface area contributed by atoms with Crippen LogP contribution >= 0.6 is 0 Å². The van der Waals surface area contributed by atoms with Crippen LogP contribution in [0.1, 0.15) is 21.6 Å². The van der Waals surface area contributed by atoms with Crippen LogP contribution in [0.2, 0.25) is 0 Å². The first-order valence-corrected chi connectivity index (χ1v) is 7.64. The van der Waals surface area contributed by atoms with Gasteiger partial charge in [-0.3, -0.25) is 4.79 Å². The first-order chi connectivity index (χ1) is 11.5. The van der Waals surface area contributed by atoms with E-state index in [1.54, 1.807) is 12.1 Å². The second-order valence-corrected chi connectivity index (χ2v) is 5.66. The average molecular weight is 320 g/mol. The summed E-state index contributed by atoms with van der Waals surface area (Å²) >= 11 is 0. The van der Waals surface area contributed by atoms with Gasteiger partial charge in [-0.1, -0.05) is 30.3 Å². The summed E-state index contributed by atoms with van der Waals surface area (Å²) in [6.45, 7) is 3.80. The molecule has 0 unspecified atom stereocenters. The van der Waals surface area contributed by atoms with Gasteiger partial charge in [-0.05, 0) is 60.9 Å². The predicted molar refractivity (Wildman–Crippen MR) is 93.5 cm³/mol. The van der Waals surface area contributed by atoms with E-state index in [-0.39, 0.29) is 11.5 Å². The Labute approximate surface area is 140 Å². The zero-order valence-corrected chi connectivity index (χ0v) is 13.5. The van der Waals surface area contributed by atoms with E-state index in [1.165, 1.54) is 12.1 Å². The van der Waals surface area contributed by atoms with Crippen LogP contribution < -0.4 is 5.32 Å². The predicted octanol–water partition coefficient (Wildman–Crippen LogP) is 4.76. The molecule has 3 aromatic rings. The highest BCUT2D eigenvalue weighted by atomic mass is 19.1. The highest BCUT2D eigenvalue weighted by Crippen LogP contribution is 2.25. The van der Waals surface area contributed by atoms with Crippen molar-refractivity contribution in [3.63, 3.8) is 0 Å². The lowest BCUT2D eigenvalue weighted by Gasteiger charge is -2.09. The molecule has 1 amide bonds. The topological polar surface area (TPSA) is 42.0 Å². The normalized spacial score (nSPS) is 10.5. The summed E-state index contributed by atoms with van der Waals surface area (Å²) < 4.78 is 14.0. The molecule has 0 radical (unpaired) electrons. The molecule has 24 heavy (non-hydrogen) atoms. The quantitative estimate of drug-likeness (QED) is 0.756. The van der Waals surface area contributed by atoms with Crippen molar-refractivity contribution >= 4 is 11.7 Å². The summed E-state index contributed by atoms with van der Waals surface area (Å²) in [6, 6.07) is 17.4. The summed E-state index contributed by atoms with van der Waals surface area (Å²) in [5.41, 5.74) is 3.66. The number of nitrogens with one attached hydrogen (secondary N) is 1. The Bertz CT molecular complexity index is 906. The molecule has 3 rings (SSSR count). The van der Waals surface area contributed by atoms with Gasteiger partial charge in [0.25, 0.3) is 5.91 Å². The van der Waals surface area contributed by atoms with Gasteiger partial charge in [0.2, 0.25) is 0 Å². The second-order valence-electron chi connectivity index (χ2n) is 5.66. The number of carbonyl (C=O) groups excluding carboxylic acids is 1. The average Bonchev–Trinajstić information content (AvgIpc) is 2.54. The maximum atomic E-state index is 14.0. The van der Waals surface area contributed by atoms with Crippen LogP contribution in [0.4, 0.5) is 10.2 Å². The standard InChI is InChI=1S/C20H17FN2O/c1-13-6-3-4-8-18(13)15-10-16(12-17(21)11-15)20(24)23-19-9-5-7-14(2)22-19/h3-12H,1-2H3,(H,22,23,24). The number of nitrogens with zero attached hydrogens (tertiary/aromatic N) is 1. The molecule has 0 saturated heterocycles. The van der Waals surface area contributed by atoms with Crippen LogP contribution in [0.15, 0.2) is 60.7 Å². The molecule has 3 nitrogen and oxygen atoms in total. The zero-order valence-electron chi connectivity index (χ0n) is 13.5. The van der Waals surface area contributed by atoms with Gasteiger partial charge in [-0.25, -0.2) is 9.37 Å². The molecule has 0 aliphatic carbocycles. The van der Waals surface area contributed by atoms with Crippen LogP contribution in [0.5, 0.6) is 0 Å². The van der Waals surface area contributed by atoms with Gasteiger partial charge in [-0.15, -0.1) is 0 Å². The van der Waals surface area contributed by atoms with E-state index in [0.29, 0.717) is 11.4 Å². The molecule has 0 atom stereocenters. The third kappa shape index (κ3) is 3.49. The molecule has 1 N–H and O–H groups in total. The maximum Gasteiger partial charge on any atom is 0.256 e. The summed E-state index contributed by atoms with van der Waals surface area (Å²) in [5.74, 6) is -0.387. The maximum absolute atomic E-state index is 14.0. The number of aromatic nitrogens is 1. The number of anilines is 1. The molecule has 120 valence electrons. The molecule has 0 saturated carbocycles. The minimum atomic E-state index is -0.446. The van der Waals surface area contributed by atoms with Crippen molar-refractivity contribution < 1.29 is 9.18 Å². The molecular weight excluding hydrogens is 303 g/mol. The van der Waals surface area contributed by atoms with E-state index in [1.807, 2.05) is 50.2 Å². The van der Waals surface area contributed by atoms with E-state index in [2.05, 4.69) is 10.3 Å². The number of halogens is 1. The van der Waals surface area contributed by atoms with E-state index < -0.39 is 5.82 Å². The second kappa shape index (κ2) is 6.62. The van der Waals surface area contributed by atoms with E-state index in [0.717, 1.165) is 16.8 Å². The van der Waals surface area contributed by atoms with Crippen LogP contribution in [0, 0.1) is 19.7 Å². The molecule has 0 aliphatic rings. The van der Waals surface area contributed by atoms with Crippen molar-refractivity contribution in [2.75, 3.05) is 5.32 Å². The Morgan fingerprint density at radius 2 is 1.79 bits per heavy atom. The monoisotopic (exact) mass is 320 g/mol. The number of amides is 1. The van der Waals surface area contributed by atoms with E-state index in [4.69, 9.17) is 0 Å². The van der Waals surface area contributed by atoms with Gasteiger partial charge >= 0.3 is 0 Å². The number of pyridine rings is 1. The summed E-state index contributed by atoms with van der Waals surface area (Å²) in [6.07, 6.45) is 0. The summed E-state index contributed by atoms with van der Waals surface area (Å²) in [7, 11) is 0. The van der Waals surface area contributed by atoms with Crippen molar-refractivity contribution in [3.05, 3.63) is 83.3 Å². The number of aryl methyl sites for hydroxylation is 2. The van der Waals surface area contributed by atoms with Crippen LogP contribution in [0.25, 0.3) is 11.1 Å². The lowest BCUT2D eigenvalue weighted by atomic mass is 9.98. The number of hydrogen-bond acceptors (Lipinski definition) is 2. The molecule has 2 aromatic carbocycles. The lowest BCUT2D eigenvalue weighted by molar-refractivity contribution is 0.102. The van der Waals surface area contributed by atoms with Gasteiger partial charge in [-0.2, -0.15) is 0 Å². The Balaban J connectivity index is 1.94. The number of hydrogen-bond donors (Lipinski definition) is 1. The van der Waals surface area contributed by atoms with Crippen LogP contribution in [-0.4, -0.2) is 10.9 Å². The largest absolute Gasteiger partial charge is 0.307 e. The SMILES string of the molecule is Cc1cccc(NC(=O)c2cc(F)cc(-c3ccccc3C)c2)n1. The summed E-state index contributed by atoms with van der Waals surface area (Å²) in [4.78, 5) is 16.7. The highest BCUT2D eigenvalue weighted by Gasteiger charge is 2.12. The molecular formula is C20H17FN2O. The van der Waals surface area contributed by atoms with E-state index >= 15 is 0 Å². The first kappa shape index (κ1) is 15.9. The smallest absolute Gasteiger partial charge is 0.256 e. The number of rotatable bonds is 3. The molecule has 0 fully saturated rings. The fourth-order valence-corrected chi connectivity index (χ4v) is 2.57. The highest BCUT2D eigenvalue weighted by molar-refractivity contribution is 6.04. The Morgan fingerprint density at radius 3 is 2.54 bits per heavy atom. The van der Waals surface area contributed by atoms with Crippen LogP contribution in [0.3, 0.4) is 0 Å². The molecule has 0 spiro atoms. The van der Waals surface area contributed by atoms with Gasteiger partial charge in [0.05, 0.1) is 0 Å². The summed E-state index contributed by atoms with van der Waals surface area (Å²) in [5, 5.41) is 2.70. The van der Waals surface area contributed by atoms with Crippen molar-refractivity contribution in [2.45, 2.75) is 13.8 Å². The Kier molecular flexibility index (Phi) is 4.38. The van der Waals surface area contributed by atoms with Crippen LogP contribution in [-0.2, 0) is 0 Å². The van der Waals surface area contributed by atoms with Crippen molar-refractivity contribution in [3.8, 4) is 11.1 Å². The molecule has 1 heterocycles. The van der Waals surface area contributed by atoms with E-state index in [9.17, 15) is 9.18 Å².